The zero-order valence-electron chi connectivity index (χ0n) is 33.1. The van der Waals surface area contributed by atoms with Crippen LogP contribution in [0.3, 0.4) is 0 Å². The monoisotopic (exact) mass is 753 g/mol. The normalized spacial score (nSPS) is 15.3. The minimum atomic E-state index is -0.506. The van der Waals surface area contributed by atoms with E-state index in [1.54, 1.807) is 0 Å². The van der Waals surface area contributed by atoms with Gasteiger partial charge in [-0.15, -0.1) is 0 Å². The quantitative estimate of drug-likeness (QED) is 0.157. The third-order valence-corrected chi connectivity index (χ3v) is 12.6. The van der Waals surface area contributed by atoms with Crippen LogP contribution < -0.4 is 4.90 Å². The standard InChI is InChI=1S/C58H43N/c1-40-31-36-56(53(37-40)52-29-16-22-43-21-15-28-49(57(43)52)42-18-5-2-6-19-42)59(47-33-32-41-17-11-12-20-44(41)38-47)48-34-35-51-50-27-13-14-30-54(50)58(55(51)39-48,45-23-7-3-8-24-45)46-25-9-4-10-26-46/h2-30,32-40H,31H2,1H3. The lowest BCUT2D eigenvalue weighted by molar-refractivity contribution is 0.732. The number of rotatable bonds is 7. The van der Waals surface area contributed by atoms with Crippen molar-refractivity contribution in [1.82, 2.24) is 0 Å². The fraction of sp³-hybridized carbons (Fsp3) is 0.0690. The molecule has 2 aliphatic rings. The molecule has 280 valence electrons. The van der Waals surface area contributed by atoms with Gasteiger partial charge in [-0.3, -0.25) is 0 Å². The van der Waals surface area contributed by atoms with Gasteiger partial charge in [-0.25, -0.2) is 0 Å². The van der Waals surface area contributed by atoms with Crippen LogP contribution in [0.5, 0.6) is 0 Å². The number of anilines is 2. The molecule has 0 bridgehead atoms. The lowest BCUT2D eigenvalue weighted by Crippen LogP contribution is -2.29. The number of hydrogen-bond donors (Lipinski definition) is 0. The molecule has 0 N–H and O–H groups in total. The van der Waals surface area contributed by atoms with Crippen LogP contribution in [0, 0.1) is 5.92 Å². The van der Waals surface area contributed by atoms with Crippen LogP contribution in [0.15, 0.2) is 230 Å². The van der Waals surface area contributed by atoms with Gasteiger partial charge in [0.15, 0.2) is 0 Å². The average Bonchev–Trinajstić information content (AvgIpc) is 3.60. The number of benzene rings is 9. The fourth-order valence-corrected chi connectivity index (χ4v) is 10.0. The van der Waals surface area contributed by atoms with Gasteiger partial charge in [0.25, 0.3) is 0 Å². The Bertz CT molecular complexity index is 3040. The summed E-state index contributed by atoms with van der Waals surface area (Å²) in [5.41, 5.74) is 15.7. The van der Waals surface area contributed by atoms with Crippen LogP contribution in [0.2, 0.25) is 0 Å². The molecule has 0 fully saturated rings. The number of hydrogen-bond acceptors (Lipinski definition) is 1. The van der Waals surface area contributed by atoms with E-state index in [4.69, 9.17) is 0 Å². The largest absolute Gasteiger partial charge is 0.310 e. The van der Waals surface area contributed by atoms with E-state index in [1.807, 2.05) is 0 Å². The fourth-order valence-electron chi connectivity index (χ4n) is 10.0. The lowest BCUT2D eigenvalue weighted by atomic mass is 9.67. The zero-order valence-corrected chi connectivity index (χ0v) is 33.1. The molecule has 0 radical (unpaired) electrons. The maximum absolute atomic E-state index is 2.54. The Morgan fingerprint density at radius 1 is 0.441 bits per heavy atom. The van der Waals surface area contributed by atoms with E-state index in [9.17, 15) is 0 Å². The van der Waals surface area contributed by atoms with Crippen molar-refractivity contribution in [3.05, 3.63) is 258 Å². The Hall–Kier alpha value is -7.22. The van der Waals surface area contributed by atoms with Crippen molar-refractivity contribution < 1.29 is 0 Å². The molecule has 1 unspecified atom stereocenters. The Labute approximate surface area is 346 Å². The molecular weight excluding hydrogens is 711 g/mol. The molecule has 0 heterocycles. The highest BCUT2D eigenvalue weighted by atomic mass is 15.2. The Morgan fingerprint density at radius 3 is 1.75 bits per heavy atom. The second-order valence-electron chi connectivity index (χ2n) is 16.1. The Kier molecular flexibility index (Phi) is 8.48. The third-order valence-electron chi connectivity index (χ3n) is 12.6. The van der Waals surface area contributed by atoms with Crippen molar-refractivity contribution >= 4 is 38.5 Å². The first-order valence-corrected chi connectivity index (χ1v) is 20.8. The Balaban J connectivity index is 1.18. The highest BCUT2D eigenvalue weighted by Gasteiger charge is 2.46. The molecular formula is C58H43N. The maximum atomic E-state index is 2.54. The number of allylic oxidation sites excluding steroid dienone is 3. The van der Waals surface area contributed by atoms with Gasteiger partial charge in [-0.2, -0.15) is 0 Å². The lowest BCUT2D eigenvalue weighted by Gasteiger charge is -2.36. The van der Waals surface area contributed by atoms with Crippen LogP contribution in [0.1, 0.15) is 41.2 Å². The number of nitrogens with zero attached hydrogens (tertiary/aromatic N) is 1. The summed E-state index contributed by atoms with van der Waals surface area (Å²) in [4.78, 5) is 2.54. The van der Waals surface area contributed by atoms with Gasteiger partial charge in [0.05, 0.1) is 5.41 Å². The predicted molar refractivity (Wildman–Crippen MR) is 249 cm³/mol. The molecule has 1 nitrogen and oxygen atoms in total. The van der Waals surface area contributed by atoms with Gasteiger partial charge >= 0.3 is 0 Å². The summed E-state index contributed by atoms with van der Waals surface area (Å²) in [7, 11) is 0. The average molecular weight is 754 g/mol. The summed E-state index contributed by atoms with van der Waals surface area (Å²) in [6, 6.07) is 78.6. The van der Waals surface area contributed by atoms with Crippen molar-refractivity contribution in [2.45, 2.75) is 18.8 Å². The van der Waals surface area contributed by atoms with Crippen LogP contribution in [0.25, 0.3) is 49.4 Å². The first-order valence-electron chi connectivity index (χ1n) is 20.8. The van der Waals surface area contributed by atoms with Gasteiger partial charge in [-0.1, -0.05) is 207 Å². The summed E-state index contributed by atoms with van der Waals surface area (Å²) < 4.78 is 0. The summed E-state index contributed by atoms with van der Waals surface area (Å²) in [6.07, 6.45) is 5.96. The van der Waals surface area contributed by atoms with Crippen molar-refractivity contribution in [2.24, 2.45) is 5.92 Å². The van der Waals surface area contributed by atoms with Crippen LogP contribution in [-0.2, 0) is 5.41 Å². The van der Waals surface area contributed by atoms with Crippen LogP contribution in [0.4, 0.5) is 11.4 Å². The van der Waals surface area contributed by atoms with Crippen LogP contribution in [-0.4, -0.2) is 0 Å². The van der Waals surface area contributed by atoms with E-state index in [2.05, 4.69) is 236 Å². The molecule has 0 amide bonds. The van der Waals surface area contributed by atoms with E-state index in [1.165, 1.54) is 82.9 Å². The topological polar surface area (TPSA) is 3.24 Å². The molecule has 0 aliphatic heterocycles. The summed E-state index contributed by atoms with van der Waals surface area (Å²) >= 11 is 0. The van der Waals surface area contributed by atoms with Gasteiger partial charge in [0.2, 0.25) is 0 Å². The molecule has 1 atom stereocenters. The van der Waals surface area contributed by atoms with E-state index >= 15 is 0 Å². The third kappa shape index (κ3) is 5.69. The van der Waals surface area contributed by atoms with Gasteiger partial charge in [-0.05, 0) is 108 Å². The highest BCUT2D eigenvalue weighted by Crippen LogP contribution is 2.57. The molecule has 0 saturated heterocycles. The van der Waals surface area contributed by atoms with E-state index in [0.29, 0.717) is 5.92 Å². The predicted octanol–water partition coefficient (Wildman–Crippen LogP) is 15.2. The SMILES string of the molecule is CC1C=C(c2cccc3cccc(-c4ccccc4)c23)C(N(c2ccc3c(c2)C(c2ccccc2)(c2ccccc2)c2ccccc2-3)c2ccc3ccccc3c2)=CC1. The van der Waals surface area contributed by atoms with Crippen molar-refractivity contribution in [1.29, 1.82) is 0 Å². The first kappa shape index (κ1) is 35.0. The molecule has 0 saturated carbocycles. The van der Waals surface area contributed by atoms with Crippen LogP contribution >= 0.6 is 0 Å². The smallest absolute Gasteiger partial charge is 0.0714 e. The molecule has 9 aromatic rings. The first-order chi connectivity index (χ1) is 29.2. The zero-order chi connectivity index (χ0) is 39.3. The molecule has 0 aromatic heterocycles. The summed E-state index contributed by atoms with van der Waals surface area (Å²) in [6.45, 7) is 2.34. The minimum absolute atomic E-state index is 0.379. The van der Waals surface area contributed by atoms with Crippen molar-refractivity contribution in [3.63, 3.8) is 0 Å². The molecule has 59 heavy (non-hydrogen) atoms. The van der Waals surface area contributed by atoms with Crippen molar-refractivity contribution in [3.8, 4) is 22.3 Å². The van der Waals surface area contributed by atoms with Gasteiger partial charge < -0.3 is 4.90 Å². The van der Waals surface area contributed by atoms with Gasteiger partial charge in [0, 0.05) is 22.6 Å². The Morgan fingerprint density at radius 2 is 1.00 bits per heavy atom. The molecule has 9 aromatic carbocycles. The second kappa shape index (κ2) is 14.3. The number of fused-ring (bicyclic) bond motifs is 5. The van der Waals surface area contributed by atoms with Crippen molar-refractivity contribution in [2.75, 3.05) is 4.90 Å². The molecule has 0 spiro atoms. The van der Waals surface area contributed by atoms with E-state index in [0.717, 1.165) is 17.8 Å². The highest BCUT2D eigenvalue weighted by molar-refractivity contribution is 6.07. The minimum Gasteiger partial charge on any atom is -0.310 e. The second-order valence-corrected chi connectivity index (χ2v) is 16.1. The summed E-state index contributed by atoms with van der Waals surface area (Å²) in [5, 5.41) is 4.97. The summed E-state index contributed by atoms with van der Waals surface area (Å²) in [5.74, 6) is 0.379. The van der Waals surface area contributed by atoms with E-state index in [-0.39, 0.29) is 0 Å². The molecule has 11 rings (SSSR count). The molecule has 2 aliphatic carbocycles. The van der Waals surface area contributed by atoms with Gasteiger partial charge in [0.1, 0.15) is 0 Å². The van der Waals surface area contributed by atoms with E-state index < -0.39 is 5.41 Å². The molecule has 1 heteroatoms. The maximum Gasteiger partial charge on any atom is 0.0714 e.